The summed E-state index contributed by atoms with van der Waals surface area (Å²) in [5.41, 5.74) is 2.30. The number of nitrogens with zero attached hydrogens (tertiary/aromatic N) is 2. The van der Waals surface area contributed by atoms with Gasteiger partial charge in [-0.1, -0.05) is 41.4 Å². The first-order valence-electron chi connectivity index (χ1n) is 6.87. The molecular weight excluding hydrogens is 338 g/mol. The van der Waals surface area contributed by atoms with Gasteiger partial charge in [0, 0.05) is 22.2 Å². The second-order valence-corrected chi connectivity index (χ2v) is 5.93. The summed E-state index contributed by atoms with van der Waals surface area (Å²) in [6.07, 6.45) is 2.91. The van der Waals surface area contributed by atoms with Crippen LogP contribution in [0.15, 0.2) is 34.9 Å². The first-order valence-corrected chi connectivity index (χ1v) is 8.04. The number of benzene rings is 1. The van der Waals surface area contributed by atoms with Crippen LogP contribution in [0.2, 0.25) is 5.02 Å². The quantitative estimate of drug-likeness (QED) is 0.831. The summed E-state index contributed by atoms with van der Waals surface area (Å²) in [6, 6.07) is 8.03. The molecule has 1 aromatic carbocycles. The monoisotopic (exact) mass is 355 g/mol. The molecule has 0 bridgehead atoms. The number of hydrogen-bond donors (Lipinski definition) is 1. The van der Waals surface area contributed by atoms with Gasteiger partial charge in [0.05, 0.1) is 11.7 Å². The zero-order valence-electron chi connectivity index (χ0n) is 11.7. The van der Waals surface area contributed by atoms with E-state index in [2.05, 4.69) is 50.9 Å². The van der Waals surface area contributed by atoms with Gasteiger partial charge in [-0.05, 0) is 42.8 Å². The molecule has 2 aromatic rings. The molecule has 5 heteroatoms. The highest BCUT2D eigenvalue weighted by atomic mass is 79.9. The maximum absolute atomic E-state index is 6.15. The van der Waals surface area contributed by atoms with E-state index >= 15 is 0 Å². The van der Waals surface area contributed by atoms with E-state index in [1.165, 1.54) is 0 Å². The van der Waals surface area contributed by atoms with E-state index in [0.717, 1.165) is 40.3 Å². The zero-order chi connectivity index (χ0) is 14.5. The molecule has 0 saturated heterocycles. The Labute approximate surface area is 133 Å². The Hall–Kier alpha value is -0.840. The molecule has 2 rings (SSSR count). The third kappa shape index (κ3) is 3.43. The van der Waals surface area contributed by atoms with Gasteiger partial charge in [-0.25, -0.2) is 0 Å². The van der Waals surface area contributed by atoms with Crippen LogP contribution >= 0.6 is 27.5 Å². The predicted molar refractivity (Wildman–Crippen MR) is 87.2 cm³/mol. The third-order valence-corrected chi connectivity index (χ3v) is 4.12. The van der Waals surface area contributed by atoms with Crippen molar-refractivity contribution in [3.8, 4) is 0 Å². The van der Waals surface area contributed by atoms with Gasteiger partial charge >= 0.3 is 0 Å². The summed E-state index contributed by atoms with van der Waals surface area (Å²) in [6.45, 7) is 6.05. The third-order valence-electron chi connectivity index (χ3n) is 3.16. The minimum Gasteiger partial charge on any atom is -0.305 e. The molecule has 0 radical (unpaired) electrons. The molecule has 1 N–H and O–H groups in total. The average molecular weight is 357 g/mol. The van der Waals surface area contributed by atoms with Gasteiger partial charge in [0.1, 0.15) is 0 Å². The molecule has 1 unspecified atom stereocenters. The van der Waals surface area contributed by atoms with E-state index in [4.69, 9.17) is 11.6 Å². The smallest absolute Gasteiger partial charge is 0.0759 e. The van der Waals surface area contributed by atoms with E-state index in [9.17, 15) is 0 Å². The van der Waals surface area contributed by atoms with Crippen molar-refractivity contribution < 1.29 is 0 Å². The number of rotatable bonds is 6. The fourth-order valence-corrected chi connectivity index (χ4v) is 2.96. The van der Waals surface area contributed by atoms with Crippen LogP contribution in [-0.2, 0) is 6.54 Å². The standard InChI is InChI=1S/C15H19BrClN3/c1-3-9-20-14(7-8-19-20)15(18-4-2)12-10-11(17)5-6-13(12)16/h5-8,10,15,18H,3-4,9H2,1-2H3. The van der Waals surface area contributed by atoms with E-state index in [1.807, 2.05) is 24.4 Å². The van der Waals surface area contributed by atoms with E-state index in [-0.39, 0.29) is 6.04 Å². The number of halogens is 2. The fraction of sp³-hybridized carbons (Fsp3) is 0.400. The highest BCUT2D eigenvalue weighted by Gasteiger charge is 2.19. The molecule has 0 amide bonds. The van der Waals surface area contributed by atoms with Crippen LogP contribution in [0, 0.1) is 0 Å². The van der Waals surface area contributed by atoms with Gasteiger partial charge < -0.3 is 5.32 Å². The van der Waals surface area contributed by atoms with Crippen molar-refractivity contribution in [2.24, 2.45) is 0 Å². The Bertz CT molecular complexity index is 568. The van der Waals surface area contributed by atoms with Crippen molar-refractivity contribution in [3.05, 3.63) is 51.2 Å². The summed E-state index contributed by atoms with van der Waals surface area (Å²) in [5, 5.41) is 8.68. The first-order chi connectivity index (χ1) is 9.67. The lowest BCUT2D eigenvalue weighted by Gasteiger charge is -2.21. The lowest BCUT2D eigenvalue weighted by Crippen LogP contribution is -2.25. The Morgan fingerprint density at radius 1 is 1.35 bits per heavy atom. The summed E-state index contributed by atoms with van der Waals surface area (Å²) in [7, 11) is 0. The van der Waals surface area contributed by atoms with Crippen molar-refractivity contribution in [3.63, 3.8) is 0 Å². The second kappa shape index (κ2) is 7.25. The fourth-order valence-electron chi connectivity index (χ4n) is 2.30. The molecule has 1 heterocycles. The number of aromatic nitrogens is 2. The van der Waals surface area contributed by atoms with Crippen LogP contribution < -0.4 is 5.32 Å². The van der Waals surface area contributed by atoms with Gasteiger partial charge in [-0.2, -0.15) is 5.10 Å². The molecule has 3 nitrogen and oxygen atoms in total. The van der Waals surface area contributed by atoms with Crippen LogP contribution in [0.4, 0.5) is 0 Å². The van der Waals surface area contributed by atoms with Gasteiger partial charge in [0.2, 0.25) is 0 Å². The van der Waals surface area contributed by atoms with Crippen molar-refractivity contribution in [2.45, 2.75) is 32.9 Å². The molecule has 0 aliphatic rings. The Morgan fingerprint density at radius 3 is 2.85 bits per heavy atom. The molecule has 108 valence electrons. The summed E-state index contributed by atoms with van der Waals surface area (Å²) < 4.78 is 3.11. The SMILES string of the molecule is CCCn1nccc1C(NCC)c1cc(Cl)ccc1Br. The highest BCUT2D eigenvalue weighted by Crippen LogP contribution is 2.31. The molecule has 0 aliphatic heterocycles. The summed E-state index contributed by atoms with van der Waals surface area (Å²) in [5.74, 6) is 0. The predicted octanol–water partition coefficient (Wildman–Crippen LogP) is 4.41. The summed E-state index contributed by atoms with van der Waals surface area (Å²) >= 11 is 9.77. The van der Waals surface area contributed by atoms with Crippen molar-refractivity contribution in [2.75, 3.05) is 6.54 Å². The lowest BCUT2D eigenvalue weighted by molar-refractivity contribution is 0.519. The number of aryl methyl sites for hydroxylation is 1. The van der Waals surface area contributed by atoms with E-state index in [1.54, 1.807) is 0 Å². The van der Waals surface area contributed by atoms with Crippen LogP contribution in [0.25, 0.3) is 0 Å². The van der Waals surface area contributed by atoms with Crippen LogP contribution in [0.3, 0.4) is 0 Å². The Balaban J connectivity index is 2.44. The molecule has 0 spiro atoms. The van der Waals surface area contributed by atoms with Crippen LogP contribution in [0.5, 0.6) is 0 Å². The summed E-state index contributed by atoms with van der Waals surface area (Å²) in [4.78, 5) is 0. The van der Waals surface area contributed by atoms with Gasteiger partial charge in [0.15, 0.2) is 0 Å². The molecule has 1 aromatic heterocycles. The van der Waals surface area contributed by atoms with E-state index < -0.39 is 0 Å². The topological polar surface area (TPSA) is 29.9 Å². The molecule has 0 aliphatic carbocycles. The van der Waals surface area contributed by atoms with Crippen molar-refractivity contribution in [1.82, 2.24) is 15.1 Å². The molecule has 0 saturated carbocycles. The Morgan fingerprint density at radius 2 is 2.15 bits per heavy atom. The van der Waals surface area contributed by atoms with Crippen molar-refractivity contribution in [1.29, 1.82) is 0 Å². The zero-order valence-corrected chi connectivity index (χ0v) is 14.1. The highest BCUT2D eigenvalue weighted by molar-refractivity contribution is 9.10. The van der Waals surface area contributed by atoms with Gasteiger partial charge in [0.25, 0.3) is 0 Å². The normalized spacial score (nSPS) is 12.6. The van der Waals surface area contributed by atoms with Gasteiger partial charge in [-0.15, -0.1) is 0 Å². The Kier molecular flexibility index (Phi) is 5.64. The largest absolute Gasteiger partial charge is 0.305 e. The van der Waals surface area contributed by atoms with Crippen LogP contribution in [0.1, 0.15) is 37.6 Å². The lowest BCUT2D eigenvalue weighted by atomic mass is 10.0. The molecular formula is C15H19BrClN3. The molecule has 20 heavy (non-hydrogen) atoms. The minimum absolute atomic E-state index is 0.0853. The first kappa shape index (κ1) is 15.5. The number of nitrogens with one attached hydrogen (secondary N) is 1. The maximum atomic E-state index is 6.15. The van der Waals surface area contributed by atoms with Crippen LogP contribution in [-0.4, -0.2) is 16.3 Å². The minimum atomic E-state index is 0.0853. The number of hydrogen-bond acceptors (Lipinski definition) is 2. The molecule has 1 atom stereocenters. The average Bonchev–Trinajstić information content (AvgIpc) is 2.88. The van der Waals surface area contributed by atoms with E-state index in [0.29, 0.717) is 0 Å². The maximum Gasteiger partial charge on any atom is 0.0759 e. The second-order valence-electron chi connectivity index (χ2n) is 4.64. The molecule has 0 fully saturated rings. The van der Waals surface area contributed by atoms with Crippen molar-refractivity contribution >= 4 is 27.5 Å². The van der Waals surface area contributed by atoms with Gasteiger partial charge in [-0.3, -0.25) is 4.68 Å².